The molecule has 0 aliphatic carbocycles. The van der Waals surface area contributed by atoms with Crippen molar-refractivity contribution in [2.24, 2.45) is 0 Å². The Kier molecular flexibility index (Phi) is 4.23. The number of benzene rings is 1. The van der Waals surface area contributed by atoms with Crippen LogP contribution in [0.15, 0.2) is 35.8 Å². The maximum Gasteiger partial charge on any atom is 0.418 e. The van der Waals surface area contributed by atoms with Gasteiger partial charge in [-0.1, -0.05) is 12.1 Å². The molecule has 2 rings (SSSR count). The van der Waals surface area contributed by atoms with Crippen molar-refractivity contribution in [1.82, 2.24) is 4.98 Å². The lowest BCUT2D eigenvalue weighted by molar-refractivity contribution is -0.137. The number of nitrogens with one attached hydrogen (secondary N) is 2. The highest BCUT2D eigenvalue weighted by Gasteiger charge is 2.33. The van der Waals surface area contributed by atoms with Crippen LogP contribution in [-0.2, 0) is 11.0 Å². The van der Waals surface area contributed by atoms with Gasteiger partial charge in [0.15, 0.2) is 5.13 Å². The molecule has 0 aliphatic heterocycles. The van der Waals surface area contributed by atoms with Crippen LogP contribution in [0.25, 0.3) is 0 Å². The van der Waals surface area contributed by atoms with E-state index in [1.165, 1.54) is 29.5 Å². The van der Waals surface area contributed by atoms with E-state index in [0.717, 1.165) is 6.07 Å². The first kappa shape index (κ1) is 14.3. The van der Waals surface area contributed by atoms with Gasteiger partial charge in [0.1, 0.15) is 0 Å². The molecule has 4 nitrogen and oxygen atoms in total. The van der Waals surface area contributed by atoms with E-state index in [1.54, 1.807) is 11.6 Å². The van der Waals surface area contributed by atoms with Gasteiger partial charge < -0.3 is 10.6 Å². The summed E-state index contributed by atoms with van der Waals surface area (Å²) in [5.41, 5.74) is -1.13. The van der Waals surface area contributed by atoms with Gasteiger partial charge in [-0.05, 0) is 12.1 Å². The minimum Gasteiger partial charge on any atom is -0.352 e. The maximum atomic E-state index is 12.7. The summed E-state index contributed by atoms with van der Waals surface area (Å²) in [6.45, 7) is -0.153. The largest absolute Gasteiger partial charge is 0.418 e. The van der Waals surface area contributed by atoms with E-state index in [9.17, 15) is 18.0 Å². The van der Waals surface area contributed by atoms with Gasteiger partial charge in [-0.2, -0.15) is 13.2 Å². The number of rotatable bonds is 4. The summed E-state index contributed by atoms with van der Waals surface area (Å²) in [4.78, 5) is 15.5. The number of carbonyl (C=O) groups excluding carboxylic acids is 1. The van der Waals surface area contributed by atoms with Crippen molar-refractivity contribution in [3.05, 3.63) is 41.4 Å². The van der Waals surface area contributed by atoms with E-state index in [0.29, 0.717) is 5.13 Å². The Balaban J connectivity index is 2.01. The smallest absolute Gasteiger partial charge is 0.352 e. The van der Waals surface area contributed by atoms with Gasteiger partial charge in [0.25, 0.3) is 0 Å². The van der Waals surface area contributed by atoms with Gasteiger partial charge in [0, 0.05) is 11.6 Å². The Hall–Kier alpha value is -2.09. The maximum absolute atomic E-state index is 12.7. The lowest BCUT2D eigenvalue weighted by atomic mass is 10.1. The average Bonchev–Trinajstić information content (AvgIpc) is 2.89. The summed E-state index contributed by atoms with van der Waals surface area (Å²) in [5.74, 6) is -0.572. The molecule has 0 saturated heterocycles. The highest BCUT2D eigenvalue weighted by Crippen LogP contribution is 2.34. The first-order chi connectivity index (χ1) is 9.47. The molecule has 106 valence electrons. The van der Waals surface area contributed by atoms with E-state index >= 15 is 0 Å². The fourth-order valence-electron chi connectivity index (χ4n) is 1.50. The number of nitrogens with zero attached hydrogens (tertiary/aromatic N) is 1. The van der Waals surface area contributed by atoms with Gasteiger partial charge in [-0.15, -0.1) is 11.3 Å². The van der Waals surface area contributed by atoms with Crippen molar-refractivity contribution in [1.29, 1.82) is 0 Å². The molecule has 1 heterocycles. The minimum atomic E-state index is -4.51. The lowest BCUT2D eigenvalue weighted by Gasteiger charge is -2.13. The van der Waals surface area contributed by atoms with Crippen LogP contribution < -0.4 is 10.6 Å². The first-order valence-electron chi connectivity index (χ1n) is 5.56. The lowest BCUT2D eigenvalue weighted by Crippen LogP contribution is -2.23. The first-order valence-corrected chi connectivity index (χ1v) is 6.44. The number of alkyl halides is 3. The molecule has 1 amide bonds. The SMILES string of the molecule is O=C(CNc1nccs1)Nc1ccccc1C(F)(F)F. The van der Waals surface area contributed by atoms with Gasteiger partial charge >= 0.3 is 6.18 Å². The quantitative estimate of drug-likeness (QED) is 0.911. The second kappa shape index (κ2) is 5.91. The number of thiazole rings is 1. The predicted molar refractivity (Wildman–Crippen MR) is 70.7 cm³/mol. The van der Waals surface area contributed by atoms with Crippen LogP contribution in [0.4, 0.5) is 24.0 Å². The van der Waals surface area contributed by atoms with Crippen molar-refractivity contribution in [2.75, 3.05) is 17.2 Å². The molecule has 0 spiro atoms. The van der Waals surface area contributed by atoms with Crippen molar-refractivity contribution < 1.29 is 18.0 Å². The number of aromatic nitrogens is 1. The Morgan fingerprint density at radius 3 is 2.70 bits per heavy atom. The van der Waals surface area contributed by atoms with Crippen LogP contribution in [-0.4, -0.2) is 17.4 Å². The van der Waals surface area contributed by atoms with E-state index in [-0.39, 0.29) is 12.2 Å². The second-order valence-corrected chi connectivity index (χ2v) is 4.68. The number of carbonyl (C=O) groups is 1. The fraction of sp³-hybridized carbons (Fsp3) is 0.167. The van der Waals surface area contributed by atoms with Crippen LogP contribution in [0.1, 0.15) is 5.56 Å². The summed E-state index contributed by atoms with van der Waals surface area (Å²) in [7, 11) is 0. The number of hydrogen-bond acceptors (Lipinski definition) is 4. The molecule has 0 atom stereocenters. The molecule has 2 N–H and O–H groups in total. The fourth-order valence-corrected chi connectivity index (χ4v) is 2.03. The van der Waals surface area contributed by atoms with Crippen LogP contribution in [0.5, 0.6) is 0 Å². The third kappa shape index (κ3) is 3.70. The molecule has 2 aromatic rings. The summed E-state index contributed by atoms with van der Waals surface area (Å²) in [5, 5.41) is 7.21. The number of halogens is 3. The normalized spacial score (nSPS) is 11.2. The predicted octanol–water partition coefficient (Wildman–Crippen LogP) is 3.21. The van der Waals surface area contributed by atoms with Crippen LogP contribution in [0, 0.1) is 0 Å². The van der Waals surface area contributed by atoms with Gasteiger partial charge in [-0.25, -0.2) is 4.98 Å². The molecule has 0 fully saturated rings. The van der Waals surface area contributed by atoms with Crippen molar-refractivity contribution >= 4 is 28.1 Å². The molecule has 0 unspecified atom stereocenters. The monoisotopic (exact) mass is 301 g/mol. The number of hydrogen-bond donors (Lipinski definition) is 2. The zero-order valence-corrected chi connectivity index (χ0v) is 10.9. The Morgan fingerprint density at radius 2 is 2.05 bits per heavy atom. The zero-order chi connectivity index (χ0) is 14.6. The van der Waals surface area contributed by atoms with Crippen LogP contribution in [0.2, 0.25) is 0 Å². The van der Waals surface area contributed by atoms with Crippen molar-refractivity contribution in [3.63, 3.8) is 0 Å². The molecule has 1 aromatic heterocycles. The molecule has 8 heteroatoms. The van der Waals surface area contributed by atoms with E-state index in [4.69, 9.17) is 0 Å². The number of para-hydroxylation sites is 1. The molecular weight excluding hydrogens is 291 g/mol. The van der Waals surface area contributed by atoms with Crippen molar-refractivity contribution in [2.45, 2.75) is 6.18 Å². The summed E-state index contributed by atoms with van der Waals surface area (Å²) in [6.07, 6.45) is -2.95. The highest BCUT2D eigenvalue weighted by atomic mass is 32.1. The van der Waals surface area contributed by atoms with E-state index in [1.807, 2.05) is 0 Å². The second-order valence-electron chi connectivity index (χ2n) is 3.78. The highest BCUT2D eigenvalue weighted by molar-refractivity contribution is 7.13. The zero-order valence-electron chi connectivity index (χ0n) is 10.1. The standard InChI is InChI=1S/C12H10F3N3OS/c13-12(14,15)8-3-1-2-4-9(8)18-10(19)7-17-11-16-5-6-20-11/h1-6H,7H2,(H,16,17)(H,18,19). The minimum absolute atomic E-state index is 0.153. The topological polar surface area (TPSA) is 54.0 Å². The molecule has 0 bridgehead atoms. The Morgan fingerprint density at radius 1 is 1.30 bits per heavy atom. The van der Waals surface area contributed by atoms with E-state index in [2.05, 4.69) is 15.6 Å². The van der Waals surface area contributed by atoms with Gasteiger partial charge in [-0.3, -0.25) is 4.79 Å². The number of anilines is 2. The Bertz CT molecular complexity index is 584. The van der Waals surface area contributed by atoms with Crippen LogP contribution >= 0.6 is 11.3 Å². The van der Waals surface area contributed by atoms with Gasteiger partial charge in [0.05, 0.1) is 17.8 Å². The van der Waals surface area contributed by atoms with Crippen LogP contribution in [0.3, 0.4) is 0 Å². The third-order valence-corrected chi connectivity index (χ3v) is 3.07. The summed E-state index contributed by atoms with van der Waals surface area (Å²) in [6, 6.07) is 4.83. The molecule has 0 saturated carbocycles. The molecule has 0 aliphatic rings. The Labute approximate surface area is 116 Å². The molecular formula is C12H10F3N3OS. The van der Waals surface area contributed by atoms with E-state index < -0.39 is 17.6 Å². The van der Waals surface area contributed by atoms with Crippen molar-refractivity contribution in [3.8, 4) is 0 Å². The summed E-state index contributed by atoms with van der Waals surface area (Å²) >= 11 is 1.30. The molecule has 0 radical (unpaired) electrons. The average molecular weight is 301 g/mol. The van der Waals surface area contributed by atoms with Gasteiger partial charge in [0.2, 0.25) is 5.91 Å². The molecule has 1 aromatic carbocycles. The number of amides is 1. The third-order valence-electron chi connectivity index (χ3n) is 2.34. The summed E-state index contributed by atoms with van der Waals surface area (Å²) < 4.78 is 38.2. The molecule has 20 heavy (non-hydrogen) atoms.